The van der Waals surface area contributed by atoms with Crippen molar-refractivity contribution in [2.75, 3.05) is 46.0 Å². The number of amides is 1. The normalized spacial score (nSPS) is 33.0. The van der Waals surface area contributed by atoms with Crippen LogP contribution in [0.4, 0.5) is 0 Å². The van der Waals surface area contributed by atoms with Gasteiger partial charge in [-0.2, -0.15) is 0 Å². The molecule has 3 aliphatic heterocycles. The molecule has 0 unspecified atom stereocenters. The number of hydroxylamine groups is 2. The van der Waals surface area contributed by atoms with Gasteiger partial charge in [-0.15, -0.1) is 0 Å². The second-order valence-electron chi connectivity index (χ2n) is 6.43. The van der Waals surface area contributed by atoms with Crippen LogP contribution in [0.25, 0.3) is 0 Å². The summed E-state index contributed by atoms with van der Waals surface area (Å²) in [4.78, 5) is 20.3. The van der Waals surface area contributed by atoms with Crippen LogP contribution in [0.1, 0.15) is 32.6 Å². The maximum atomic E-state index is 12.5. The van der Waals surface area contributed by atoms with E-state index in [1.54, 1.807) is 0 Å². The Morgan fingerprint density at radius 3 is 3.00 bits per heavy atom. The van der Waals surface area contributed by atoms with Gasteiger partial charge >= 0.3 is 0 Å². The van der Waals surface area contributed by atoms with E-state index in [4.69, 9.17) is 14.3 Å². The Balaban J connectivity index is 1.47. The van der Waals surface area contributed by atoms with Crippen LogP contribution in [-0.4, -0.2) is 74.1 Å². The van der Waals surface area contributed by atoms with Gasteiger partial charge in [-0.25, -0.2) is 5.06 Å². The molecule has 6 nitrogen and oxygen atoms in total. The van der Waals surface area contributed by atoms with Gasteiger partial charge in [-0.05, 0) is 45.1 Å². The van der Waals surface area contributed by atoms with Crippen molar-refractivity contribution in [3.63, 3.8) is 0 Å². The maximum Gasteiger partial charge on any atom is 0.275 e. The number of rotatable bonds is 5. The Kier molecular flexibility index (Phi) is 5.68. The second-order valence-corrected chi connectivity index (χ2v) is 6.43. The highest BCUT2D eigenvalue weighted by molar-refractivity contribution is 5.80. The summed E-state index contributed by atoms with van der Waals surface area (Å²) in [5.74, 6) is 0.539. The Morgan fingerprint density at radius 2 is 2.23 bits per heavy atom. The predicted molar refractivity (Wildman–Crippen MR) is 81.2 cm³/mol. The first-order chi connectivity index (χ1) is 10.8. The average molecular weight is 312 g/mol. The Bertz CT molecular complexity index is 373. The molecule has 126 valence electrons. The number of piperidine rings is 1. The van der Waals surface area contributed by atoms with E-state index >= 15 is 0 Å². The molecule has 3 fully saturated rings. The number of likely N-dealkylation sites (tertiary alicyclic amines) is 1. The Labute approximate surface area is 132 Å². The van der Waals surface area contributed by atoms with E-state index in [2.05, 4.69) is 4.90 Å². The molecule has 3 rings (SSSR count). The molecule has 0 saturated carbocycles. The van der Waals surface area contributed by atoms with E-state index in [1.807, 2.05) is 6.92 Å². The molecule has 0 spiro atoms. The average Bonchev–Trinajstić information content (AvgIpc) is 2.98. The van der Waals surface area contributed by atoms with Crippen LogP contribution in [0.2, 0.25) is 0 Å². The molecule has 0 radical (unpaired) electrons. The summed E-state index contributed by atoms with van der Waals surface area (Å²) < 4.78 is 11.5. The van der Waals surface area contributed by atoms with Crippen LogP contribution in [0, 0.1) is 5.92 Å². The van der Waals surface area contributed by atoms with Gasteiger partial charge in [-0.3, -0.25) is 14.5 Å². The molecule has 3 atom stereocenters. The van der Waals surface area contributed by atoms with Gasteiger partial charge in [0.1, 0.15) is 6.10 Å². The molecule has 3 saturated heterocycles. The third-order valence-electron chi connectivity index (χ3n) is 4.92. The van der Waals surface area contributed by atoms with Crippen LogP contribution >= 0.6 is 0 Å². The molecule has 0 aliphatic carbocycles. The van der Waals surface area contributed by atoms with Crippen molar-refractivity contribution in [3.05, 3.63) is 0 Å². The Morgan fingerprint density at radius 1 is 1.32 bits per heavy atom. The molecule has 3 heterocycles. The summed E-state index contributed by atoms with van der Waals surface area (Å²) in [5.41, 5.74) is 0. The number of carbonyl (C=O) groups excluding carboxylic acids is 1. The van der Waals surface area contributed by atoms with Crippen molar-refractivity contribution < 1.29 is 19.1 Å². The highest BCUT2D eigenvalue weighted by Crippen LogP contribution is 2.34. The van der Waals surface area contributed by atoms with Gasteiger partial charge in [0.2, 0.25) is 0 Å². The van der Waals surface area contributed by atoms with Crippen molar-refractivity contribution in [3.8, 4) is 0 Å². The van der Waals surface area contributed by atoms with Crippen LogP contribution in [0.5, 0.6) is 0 Å². The van der Waals surface area contributed by atoms with Crippen molar-refractivity contribution in [1.29, 1.82) is 0 Å². The number of fused-ring (bicyclic) bond motifs is 1. The van der Waals surface area contributed by atoms with Crippen LogP contribution in [0.3, 0.4) is 0 Å². The minimum Gasteiger partial charge on any atom is -0.380 e. The van der Waals surface area contributed by atoms with E-state index in [0.29, 0.717) is 19.1 Å². The van der Waals surface area contributed by atoms with Crippen LogP contribution in [0.15, 0.2) is 0 Å². The molecule has 1 amide bonds. The second kappa shape index (κ2) is 7.73. The molecule has 0 bridgehead atoms. The molecular weight excluding hydrogens is 284 g/mol. The van der Waals surface area contributed by atoms with Crippen LogP contribution in [-0.2, 0) is 19.1 Å². The Hall–Kier alpha value is -0.690. The first kappa shape index (κ1) is 16.2. The van der Waals surface area contributed by atoms with Gasteiger partial charge < -0.3 is 9.47 Å². The number of hydrogen-bond acceptors (Lipinski definition) is 5. The van der Waals surface area contributed by atoms with E-state index < -0.39 is 0 Å². The molecular formula is C16H28N2O4. The lowest BCUT2D eigenvalue weighted by Gasteiger charge is -2.33. The fourth-order valence-corrected chi connectivity index (χ4v) is 3.63. The largest absolute Gasteiger partial charge is 0.380 e. The molecule has 0 aromatic heterocycles. The first-order valence-electron chi connectivity index (χ1n) is 8.67. The lowest BCUT2D eigenvalue weighted by Crippen LogP contribution is -2.44. The number of ether oxygens (including phenoxy) is 2. The zero-order valence-corrected chi connectivity index (χ0v) is 13.5. The summed E-state index contributed by atoms with van der Waals surface area (Å²) in [5, 5.41) is 1.53. The molecule has 0 aromatic rings. The van der Waals surface area contributed by atoms with Gasteiger partial charge in [0.05, 0.1) is 19.3 Å². The summed E-state index contributed by atoms with van der Waals surface area (Å²) in [6.07, 6.45) is 3.91. The molecule has 0 aromatic carbocycles. The highest BCUT2D eigenvalue weighted by Gasteiger charge is 2.43. The lowest BCUT2D eigenvalue weighted by atomic mass is 9.91. The standard InChI is InChI=1S/C16H28N2O4/c1-2-20-10-8-17-7-5-13-11-14(22-15(13)12-17)16(19)18-6-3-4-9-21-18/h13-15H,2-12H2,1H3/t13-,14+,15+/m0/s1. The van der Waals surface area contributed by atoms with Gasteiger partial charge in [0.15, 0.2) is 0 Å². The van der Waals surface area contributed by atoms with Gasteiger partial charge in [-0.1, -0.05) is 0 Å². The van der Waals surface area contributed by atoms with E-state index in [1.165, 1.54) is 5.06 Å². The minimum atomic E-state index is -0.306. The van der Waals surface area contributed by atoms with Crippen molar-refractivity contribution in [2.45, 2.75) is 44.8 Å². The van der Waals surface area contributed by atoms with Crippen LogP contribution < -0.4 is 0 Å². The molecule has 22 heavy (non-hydrogen) atoms. The summed E-state index contributed by atoms with van der Waals surface area (Å²) in [7, 11) is 0. The number of carbonyl (C=O) groups is 1. The summed E-state index contributed by atoms with van der Waals surface area (Å²) in [6.45, 7) is 7.87. The predicted octanol–water partition coefficient (Wildman–Crippen LogP) is 1.06. The summed E-state index contributed by atoms with van der Waals surface area (Å²) in [6, 6.07) is 0. The number of nitrogens with zero attached hydrogens (tertiary/aromatic N) is 2. The first-order valence-corrected chi connectivity index (χ1v) is 8.67. The monoisotopic (exact) mass is 312 g/mol. The van der Waals surface area contributed by atoms with Crippen molar-refractivity contribution in [2.24, 2.45) is 5.92 Å². The quantitative estimate of drug-likeness (QED) is 0.711. The zero-order valence-electron chi connectivity index (χ0n) is 13.5. The van der Waals surface area contributed by atoms with Gasteiger partial charge in [0.25, 0.3) is 5.91 Å². The zero-order chi connectivity index (χ0) is 15.4. The summed E-state index contributed by atoms with van der Waals surface area (Å²) >= 11 is 0. The third kappa shape index (κ3) is 3.79. The van der Waals surface area contributed by atoms with E-state index in [9.17, 15) is 4.79 Å². The SMILES string of the molecule is CCOCCN1CC[C@H]2C[C@H](C(=O)N3CCCCO3)O[C@@H]2C1. The topological polar surface area (TPSA) is 51.2 Å². The fraction of sp³-hybridized carbons (Fsp3) is 0.938. The fourth-order valence-electron chi connectivity index (χ4n) is 3.63. The van der Waals surface area contributed by atoms with Crippen molar-refractivity contribution >= 4 is 5.91 Å². The maximum absolute atomic E-state index is 12.5. The molecule has 6 heteroatoms. The third-order valence-corrected chi connectivity index (χ3v) is 4.92. The van der Waals surface area contributed by atoms with E-state index in [-0.39, 0.29) is 18.1 Å². The van der Waals surface area contributed by atoms with E-state index in [0.717, 1.165) is 58.5 Å². The van der Waals surface area contributed by atoms with Crippen molar-refractivity contribution in [1.82, 2.24) is 9.96 Å². The smallest absolute Gasteiger partial charge is 0.275 e. The lowest BCUT2D eigenvalue weighted by molar-refractivity contribution is -0.206. The number of hydrogen-bond donors (Lipinski definition) is 0. The van der Waals surface area contributed by atoms with Gasteiger partial charge in [0, 0.05) is 26.2 Å². The molecule has 0 N–H and O–H groups in total. The highest BCUT2D eigenvalue weighted by atomic mass is 16.7. The molecule has 3 aliphatic rings. The minimum absolute atomic E-state index is 0.0231.